The SMILES string of the molecule is NC(CNC(=O)c1cc(-c2ccccc2Cl)on1)C1CC1. The first kappa shape index (κ1) is 14.1. The summed E-state index contributed by atoms with van der Waals surface area (Å²) in [6.45, 7) is 0.456. The highest BCUT2D eigenvalue weighted by Gasteiger charge is 2.28. The summed E-state index contributed by atoms with van der Waals surface area (Å²) in [7, 11) is 0. The summed E-state index contributed by atoms with van der Waals surface area (Å²) >= 11 is 6.09. The lowest BCUT2D eigenvalue weighted by Crippen LogP contribution is -2.38. The number of hydrogen-bond donors (Lipinski definition) is 2. The van der Waals surface area contributed by atoms with Gasteiger partial charge in [0.25, 0.3) is 5.91 Å². The number of nitrogens with zero attached hydrogens (tertiary/aromatic N) is 1. The van der Waals surface area contributed by atoms with E-state index in [2.05, 4.69) is 10.5 Å². The molecule has 1 fully saturated rings. The third-order valence-corrected chi connectivity index (χ3v) is 3.94. The number of aromatic nitrogens is 1. The van der Waals surface area contributed by atoms with Crippen molar-refractivity contribution in [2.45, 2.75) is 18.9 Å². The van der Waals surface area contributed by atoms with Crippen molar-refractivity contribution in [2.75, 3.05) is 6.54 Å². The average Bonchev–Trinajstić information content (AvgIpc) is 3.23. The molecule has 0 aliphatic heterocycles. The summed E-state index contributed by atoms with van der Waals surface area (Å²) in [6, 6.07) is 8.84. The molecule has 0 bridgehead atoms. The first-order valence-corrected chi connectivity index (χ1v) is 7.28. The lowest BCUT2D eigenvalue weighted by atomic mass is 10.1. The van der Waals surface area contributed by atoms with Gasteiger partial charge in [0.2, 0.25) is 0 Å². The van der Waals surface area contributed by atoms with Gasteiger partial charge >= 0.3 is 0 Å². The molecule has 110 valence electrons. The minimum Gasteiger partial charge on any atom is -0.355 e. The van der Waals surface area contributed by atoms with Crippen LogP contribution >= 0.6 is 11.6 Å². The molecule has 0 spiro atoms. The molecular formula is C15H16ClN3O2. The van der Waals surface area contributed by atoms with E-state index in [1.54, 1.807) is 12.1 Å². The summed E-state index contributed by atoms with van der Waals surface area (Å²) < 4.78 is 5.19. The van der Waals surface area contributed by atoms with Gasteiger partial charge in [-0.3, -0.25) is 4.79 Å². The van der Waals surface area contributed by atoms with Crippen LogP contribution in [0.2, 0.25) is 5.02 Å². The molecule has 1 unspecified atom stereocenters. The number of hydrogen-bond acceptors (Lipinski definition) is 4. The Bertz CT molecular complexity index is 652. The summed E-state index contributed by atoms with van der Waals surface area (Å²) in [5.41, 5.74) is 6.88. The van der Waals surface area contributed by atoms with Gasteiger partial charge < -0.3 is 15.6 Å². The molecule has 2 aromatic rings. The Morgan fingerprint density at radius 2 is 2.24 bits per heavy atom. The van der Waals surface area contributed by atoms with Gasteiger partial charge in [0.1, 0.15) is 0 Å². The number of carbonyl (C=O) groups is 1. The van der Waals surface area contributed by atoms with E-state index in [-0.39, 0.29) is 17.6 Å². The summed E-state index contributed by atoms with van der Waals surface area (Å²) in [4.78, 5) is 12.0. The van der Waals surface area contributed by atoms with Crippen LogP contribution in [-0.2, 0) is 0 Å². The highest BCUT2D eigenvalue weighted by Crippen LogP contribution is 2.31. The molecular weight excluding hydrogens is 290 g/mol. The Kier molecular flexibility index (Phi) is 3.94. The van der Waals surface area contributed by atoms with Crippen molar-refractivity contribution < 1.29 is 9.32 Å². The topological polar surface area (TPSA) is 81.1 Å². The average molecular weight is 306 g/mol. The van der Waals surface area contributed by atoms with Gasteiger partial charge in [-0.05, 0) is 30.9 Å². The fourth-order valence-electron chi connectivity index (χ4n) is 2.16. The van der Waals surface area contributed by atoms with Crippen LogP contribution in [0.5, 0.6) is 0 Å². The van der Waals surface area contributed by atoms with E-state index in [0.717, 1.165) is 12.8 Å². The quantitative estimate of drug-likeness (QED) is 0.889. The molecule has 1 aliphatic carbocycles. The van der Waals surface area contributed by atoms with E-state index in [9.17, 15) is 4.79 Å². The number of amides is 1. The molecule has 21 heavy (non-hydrogen) atoms. The summed E-state index contributed by atoms with van der Waals surface area (Å²) in [5, 5.41) is 7.12. The van der Waals surface area contributed by atoms with Crippen LogP contribution in [0.15, 0.2) is 34.9 Å². The van der Waals surface area contributed by atoms with Gasteiger partial charge in [-0.2, -0.15) is 0 Å². The highest BCUT2D eigenvalue weighted by molar-refractivity contribution is 6.33. The van der Waals surface area contributed by atoms with E-state index >= 15 is 0 Å². The second kappa shape index (κ2) is 5.87. The molecule has 1 heterocycles. The number of nitrogens with two attached hydrogens (primary N) is 1. The van der Waals surface area contributed by atoms with Crippen LogP contribution in [-0.4, -0.2) is 23.7 Å². The lowest BCUT2D eigenvalue weighted by Gasteiger charge is -2.09. The molecule has 1 aromatic heterocycles. The first-order valence-electron chi connectivity index (χ1n) is 6.90. The maximum absolute atomic E-state index is 12.0. The zero-order valence-electron chi connectivity index (χ0n) is 11.4. The van der Waals surface area contributed by atoms with E-state index in [4.69, 9.17) is 21.9 Å². The number of nitrogens with one attached hydrogen (secondary N) is 1. The molecule has 1 aliphatic rings. The van der Waals surface area contributed by atoms with E-state index in [1.165, 1.54) is 0 Å². The monoisotopic (exact) mass is 305 g/mol. The van der Waals surface area contributed by atoms with E-state index < -0.39 is 0 Å². The molecule has 6 heteroatoms. The largest absolute Gasteiger partial charge is 0.355 e. The van der Waals surface area contributed by atoms with Crippen molar-refractivity contribution >= 4 is 17.5 Å². The van der Waals surface area contributed by atoms with Crippen molar-refractivity contribution in [1.82, 2.24) is 10.5 Å². The Hall–Kier alpha value is -1.85. The Labute approximate surface area is 127 Å². The second-order valence-electron chi connectivity index (χ2n) is 5.27. The molecule has 1 saturated carbocycles. The van der Waals surface area contributed by atoms with Gasteiger partial charge in [-0.25, -0.2) is 0 Å². The van der Waals surface area contributed by atoms with Crippen molar-refractivity contribution in [3.8, 4) is 11.3 Å². The zero-order valence-corrected chi connectivity index (χ0v) is 12.1. The molecule has 1 amide bonds. The Morgan fingerprint density at radius 1 is 1.48 bits per heavy atom. The molecule has 3 N–H and O–H groups in total. The van der Waals surface area contributed by atoms with Crippen LogP contribution in [0.1, 0.15) is 23.3 Å². The summed E-state index contributed by atoms with van der Waals surface area (Å²) in [5.74, 6) is 0.728. The Balaban J connectivity index is 1.66. The van der Waals surface area contributed by atoms with Crippen molar-refractivity contribution in [3.05, 3.63) is 41.0 Å². The van der Waals surface area contributed by atoms with Crippen LogP contribution in [0, 0.1) is 5.92 Å². The van der Waals surface area contributed by atoms with Crippen molar-refractivity contribution in [3.63, 3.8) is 0 Å². The molecule has 3 rings (SSSR count). The fraction of sp³-hybridized carbons (Fsp3) is 0.333. The predicted molar refractivity (Wildman–Crippen MR) is 80.0 cm³/mol. The normalized spacial score (nSPS) is 15.7. The van der Waals surface area contributed by atoms with E-state index in [1.807, 2.05) is 18.2 Å². The third-order valence-electron chi connectivity index (χ3n) is 3.61. The molecule has 1 atom stereocenters. The minimum atomic E-state index is -0.284. The second-order valence-corrected chi connectivity index (χ2v) is 5.67. The van der Waals surface area contributed by atoms with Gasteiger partial charge in [-0.15, -0.1) is 0 Å². The first-order chi connectivity index (χ1) is 10.1. The minimum absolute atomic E-state index is 0.0175. The van der Waals surface area contributed by atoms with Crippen LogP contribution in [0.4, 0.5) is 0 Å². The van der Waals surface area contributed by atoms with Gasteiger partial charge in [-0.1, -0.05) is 28.9 Å². The van der Waals surface area contributed by atoms with Crippen molar-refractivity contribution in [2.24, 2.45) is 11.7 Å². The van der Waals surface area contributed by atoms with Crippen LogP contribution < -0.4 is 11.1 Å². The van der Waals surface area contributed by atoms with Crippen LogP contribution in [0.3, 0.4) is 0 Å². The Morgan fingerprint density at radius 3 is 2.95 bits per heavy atom. The molecule has 5 nitrogen and oxygen atoms in total. The number of benzene rings is 1. The molecule has 0 saturated heterocycles. The van der Waals surface area contributed by atoms with Gasteiger partial charge in [0.15, 0.2) is 11.5 Å². The standard InChI is InChI=1S/C15H16ClN3O2/c16-11-4-2-1-3-10(11)14-7-13(19-21-14)15(20)18-8-12(17)9-5-6-9/h1-4,7,9,12H,5-6,8,17H2,(H,18,20). The predicted octanol–water partition coefficient (Wildman–Crippen LogP) is 2.46. The maximum Gasteiger partial charge on any atom is 0.273 e. The molecule has 1 aromatic carbocycles. The lowest BCUT2D eigenvalue weighted by molar-refractivity contribution is 0.0941. The van der Waals surface area contributed by atoms with Crippen LogP contribution in [0.25, 0.3) is 11.3 Å². The van der Waals surface area contributed by atoms with Gasteiger partial charge in [0.05, 0.1) is 5.02 Å². The third kappa shape index (κ3) is 3.25. The number of carbonyl (C=O) groups excluding carboxylic acids is 1. The number of halogens is 1. The maximum atomic E-state index is 12.0. The van der Waals surface area contributed by atoms with E-state index in [0.29, 0.717) is 28.8 Å². The smallest absolute Gasteiger partial charge is 0.273 e. The highest BCUT2D eigenvalue weighted by atomic mass is 35.5. The number of rotatable bonds is 5. The fourth-order valence-corrected chi connectivity index (χ4v) is 2.39. The van der Waals surface area contributed by atoms with Gasteiger partial charge in [0, 0.05) is 24.2 Å². The van der Waals surface area contributed by atoms with Crippen molar-refractivity contribution in [1.29, 1.82) is 0 Å². The zero-order chi connectivity index (χ0) is 14.8. The summed E-state index contributed by atoms with van der Waals surface area (Å²) in [6.07, 6.45) is 2.30. The molecule has 0 radical (unpaired) electrons.